The van der Waals surface area contributed by atoms with Crippen molar-refractivity contribution in [3.05, 3.63) is 40.6 Å². The van der Waals surface area contributed by atoms with Gasteiger partial charge in [-0.1, -0.05) is 0 Å². The average Bonchev–Trinajstić information content (AvgIpc) is 2.97. The molecule has 0 bridgehead atoms. The van der Waals surface area contributed by atoms with E-state index in [0.717, 1.165) is 13.0 Å². The van der Waals surface area contributed by atoms with Crippen LogP contribution in [0.3, 0.4) is 0 Å². The molecular formula is C13H16N3OS+. The molecule has 1 aliphatic heterocycles. The molecule has 4 nitrogen and oxygen atoms in total. The second kappa shape index (κ2) is 4.24. The second-order valence-corrected chi connectivity index (χ2v) is 5.69. The number of thiophene rings is 1. The van der Waals surface area contributed by atoms with Gasteiger partial charge in [0.1, 0.15) is 12.4 Å². The molecule has 0 N–H and O–H groups in total. The van der Waals surface area contributed by atoms with Crippen LogP contribution in [0.25, 0.3) is 0 Å². The first-order chi connectivity index (χ1) is 8.66. The first-order valence-corrected chi connectivity index (χ1v) is 6.95. The molecule has 0 saturated carbocycles. The second-order valence-electron chi connectivity index (χ2n) is 4.69. The molecule has 2 aromatic heterocycles. The summed E-state index contributed by atoms with van der Waals surface area (Å²) in [4.78, 5) is 15.8. The molecule has 0 aromatic carbocycles. The van der Waals surface area contributed by atoms with Gasteiger partial charge in [-0.05, 0) is 30.4 Å². The third-order valence-corrected chi connectivity index (χ3v) is 4.51. The normalized spacial score (nSPS) is 18.8. The molecular weight excluding hydrogens is 246 g/mol. The number of hydrogen-bond acceptors (Lipinski definition) is 2. The van der Waals surface area contributed by atoms with E-state index < -0.39 is 0 Å². The van der Waals surface area contributed by atoms with E-state index in [1.807, 2.05) is 22.7 Å². The molecule has 0 spiro atoms. The van der Waals surface area contributed by atoms with Crippen molar-refractivity contribution in [2.45, 2.75) is 19.4 Å². The fourth-order valence-electron chi connectivity index (χ4n) is 2.48. The highest BCUT2D eigenvalue weighted by atomic mass is 32.1. The number of nitrogens with zero attached hydrogens (tertiary/aromatic N) is 3. The fraction of sp³-hybridized carbons (Fsp3) is 0.385. The molecule has 0 fully saturated rings. The van der Waals surface area contributed by atoms with Crippen LogP contribution in [0.5, 0.6) is 0 Å². The Bertz CT molecular complexity index is 587. The van der Waals surface area contributed by atoms with E-state index in [9.17, 15) is 4.79 Å². The summed E-state index contributed by atoms with van der Waals surface area (Å²) in [5.41, 5.74) is 1.30. The molecule has 18 heavy (non-hydrogen) atoms. The third-order valence-electron chi connectivity index (χ3n) is 3.51. The zero-order chi connectivity index (χ0) is 12.7. The van der Waals surface area contributed by atoms with Gasteiger partial charge < -0.3 is 0 Å². The molecule has 1 amide bonds. The Hall–Kier alpha value is -1.62. The lowest BCUT2D eigenvalue weighted by Crippen LogP contribution is -2.41. The van der Waals surface area contributed by atoms with Crippen LogP contribution in [0.15, 0.2) is 30.2 Å². The Balaban J connectivity index is 1.88. The number of carbonyl (C=O) groups is 1. The largest absolute Gasteiger partial charge is 0.416 e. The highest BCUT2D eigenvalue weighted by Gasteiger charge is 2.31. The number of aryl methyl sites for hydroxylation is 1. The minimum atomic E-state index is 0.0555. The van der Waals surface area contributed by atoms with Crippen LogP contribution in [-0.2, 0) is 13.5 Å². The molecule has 2 aromatic rings. The third kappa shape index (κ3) is 1.75. The summed E-state index contributed by atoms with van der Waals surface area (Å²) in [7, 11) is 1.92. The Morgan fingerprint density at radius 1 is 1.56 bits per heavy atom. The van der Waals surface area contributed by atoms with E-state index in [1.54, 1.807) is 28.4 Å². The van der Waals surface area contributed by atoms with Gasteiger partial charge in [0.25, 0.3) is 6.33 Å². The molecule has 5 heteroatoms. The van der Waals surface area contributed by atoms with Crippen molar-refractivity contribution in [2.75, 3.05) is 6.54 Å². The molecule has 3 rings (SSSR count). The fourth-order valence-corrected chi connectivity index (χ4v) is 3.45. The SMILES string of the molecule is CC1c2ccsc2CCN1C(=O)n1cc[n+](C)c1. The summed E-state index contributed by atoms with van der Waals surface area (Å²) in [6, 6.07) is 2.36. The quantitative estimate of drug-likeness (QED) is 0.667. The van der Waals surface area contributed by atoms with E-state index in [0.29, 0.717) is 0 Å². The zero-order valence-corrected chi connectivity index (χ0v) is 11.4. The highest BCUT2D eigenvalue weighted by molar-refractivity contribution is 7.10. The minimum Gasteiger partial charge on any atom is -0.297 e. The van der Waals surface area contributed by atoms with Crippen molar-refractivity contribution in [2.24, 2.45) is 7.05 Å². The van der Waals surface area contributed by atoms with Crippen molar-refractivity contribution in [1.82, 2.24) is 9.47 Å². The predicted octanol–water partition coefficient (Wildman–Crippen LogP) is 1.96. The number of aromatic nitrogens is 2. The van der Waals surface area contributed by atoms with Crippen LogP contribution in [0.4, 0.5) is 4.79 Å². The smallest absolute Gasteiger partial charge is 0.297 e. The van der Waals surface area contributed by atoms with Gasteiger partial charge in [0, 0.05) is 11.4 Å². The molecule has 0 aliphatic carbocycles. The van der Waals surface area contributed by atoms with Gasteiger partial charge in [0.15, 0.2) is 0 Å². The Morgan fingerprint density at radius 2 is 2.39 bits per heavy atom. The number of imidazole rings is 1. The summed E-state index contributed by atoms with van der Waals surface area (Å²) in [5.74, 6) is 0. The van der Waals surface area contributed by atoms with E-state index in [2.05, 4.69) is 18.4 Å². The zero-order valence-electron chi connectivity index (χ0n) is 10.5. The summed E-state index contributed by atoms with van der Waals surface area (Å²) in [5, 5.41) is 2.12. The van der Waals surface area contributed by atoms with Gasteiger partial charge in [-0.15, -0.1) is 11.3 Å². The van der Waals surface area contributed by atoms with Crippen molar-refractivity contribution in [1.29, 1.82) is 0 Å². The van der Waals surface area contributed by atoms with Crippen LogP contribution in [0.2, 0.25) is 0 Å². The summed E-state index contributed by atoms with van der Waals surface area (Å²) < 4.78 is 3.52. The minimum absolute atomic E-state index is 0.0555. The summed E-state index contributed by atoms with van der Waals surface area (Å²) in [6.07, 6.45) is 6.45. The average molecular weight is 262 g/mol. The van der Waals surface area contributed by atoms with E-state index >= 15 is 0 Å². The van der Waals surface area contributed by atoms with Gasteiger partial charge in [0.05, 0.1) is 13.1 Å². The van der Waals surface area contributed by atoms with E-state index in [4.69, 9.17) is 0 Å². The van der Waals surface area contributed by atoms with Crippen LogP contribution in [0, 0.1) is 0 Å². The molecule has 1 aliphatic rings. The van der Waals surface area contributed by atoms with Crippen molar-refractivity contribution in [3.63, 3.8) is 0 Å². The topological polar surface area (TPSA) is 29.1 Å². The maximum atomic E-state index is 12.4. The van der Waals surface area contributed by atoms with Crippen LogP contribution < -0.4 is 4.57 Å². The summed E-state index contributed by atoms with van der Waals surface area (Å²) >= 11 is 1.79. The number of fused-ring (bicyclic) bond motifs is 1. The molecule has 94 valence electrons. The Morgan fingerprint density at radius 3 is 3.11 bits per heavy atom. The van der Waals surface area contributed by atoms with Gasteiger partial charge in [-0.2, -0.15) is 4.57 Å². The number of rotatable bonds is 0. The predicted molar refractivity (Wildman–Crippen MR) is 69.5 cm³/mol. The standard InChI is InChI=1S/C13H16N3OS/c1-10-11-4-8-18-12(11)3-5-16(10)13(17)15-7-6-14(2)9-15/h4,6-10H,3,5H2,1-2H3/q+1. The Labute approximate surface area is 110 Å². The number of carbonyl (C=O) groups excluding carboxylic acids is 1. The maximum absolute atomic E-state index is 12.4. The molecule has 3 heterocycles. The van der Waals surface area contributed by atoms with Gasteiger partial charge >= 0.3 is 6.03 Å². The Kier molecular flexibility index (Phi) is 2.70. The molecule has 1 unspecified atom stereocenters. The monoisotopic (exact) mass is 262 g/mol. The van der Waals surface area contributed by atoms with E-state index in [1.165, 1.54) is 10.4 Å². The molecule has 1 atom stereocenters. The van der Waals surface area contributed by atoms with E-state index in [-0.39, 0.29) is 12.1 Å². The number of amides is 1. The van der Waals surface area contributed by atoms with Crippen LogP contribution in [0.1, 0.15) is 23.4 Å². The summed E-state index contributed by atoms with van der Waals surface area (Å²) in [6.45, 7) is 2.90. The van der Waals surface area contributed by atoms with Gasteiger partial charge in [-0.3, -0.25) is 4.90 Å². The van der Waals surface area contributed by atoms with Crippen molar-refractivity contribution >= 4 is 17.4 Å². The lowest BCUT2D eigenvalue weighted by atomic mass is 10.0. The van der Waals surface area contributed by atoms with Crippen molar-refractivity contribution in [3.8, 4) is 0 Å². The lowest BCUT2D eigenvalue weighted by Gasteiger charge is -2.31. The van der Waals surface area contributed by atoms with Crippen molar-refractivity contribution < 1.29 is 9.36 Å². The van der Waals surface area contributed by atoms with Crippen LogP contribution >= 0.6 is 11.3 Å². The van der Waals surface area contributed by atoms with Crippen LogP contribution in [-0.4, -0.2) is 22.0 Å². The number of hydrogen-bond donors (Lipinski definition) is 0. The first-order valence-electron chi connectivity index (χ1n) is 6.07. The maximum Gasteiger partial charge on any atom is 0.416 e. The molecule has 0 saturated heterocycles. The highest BCUT2D eigenvalue weighted by Crippen LogP contribution is 2.32. The van der Waals surface area contributed by atoms with Gasteiger partial charge in [0.2, 0.25) is 0 Å². The van der Waals surface area contributed by atoms with Gasteiger partial charge in [-0.25, -0.2) is 9.36 Å². The lowest BCUT2D eigenvalue weighted by molar-refractivity contribution is -0.670. The first kappa shape index (κ1) is 11.5. The molecule has 0 radical (unpaired) electrons.